The maximum atomic E-state index is 13.1. The summed E-state index contributed by atoms with van der Waals surface area (Å²) >= 11 is 0. The van der Waals surface area contributed by atoms with E-state index in [9.17, 15) is 4.79 Å². The summed E-state index contributed by atoms with van der Waals surface area (Å²) < 4.78 is 1.54. The summed E-state index contributed by atoms with van der Waals surface area (Å²) in [6.45, 7) is 1.81. The third-order valence-electron chi connectivity index (χ3n) is 4.81. The van der Waals surface area contributed by atoms with Crippen LogP contribution in [0, 0.1) is 5.41 Å². The molecule has 0 saturated carbocycles. The number of hydrogen-bond donors (Lipinski definition) is 3. The standard InChI is InChI=1S/C21H21N5O/c1-23-12-16-10-17(3-4-19(16)22)26-13-25-20-5-2-15(11-18(20)21(26)27)14-6-8-24-9-7-14/h2-6,10-13,22-24H,7-9H2,1H3/b16-12-,22-19?. The minimum atomic E-state index is -0.107. The summed E-state index contributed by atoms with van der Waals surface area (Å²) in [5.41, 5.74) is 4.73. The largest absolute Gasteiger partial charge is 0.393 e. The maximum absolute atomic E-state index is 13.1. The van der Waals surface area contributed by atoms with Crippen molar-refractivity contribution in [2.45, 2.75) is 6.42 Å². The van der Waals surface area contributed by atoms with E-state index < -0.39 is 0 Å². The Balaban J connectivity index is 1.82. The van der Waals surface area contributed by atoms with Crippen LogP contribution in [0.1, 0.15) is 12.0 Å². The van der Waals surface area contributed by atoms with Gasteiger partial charge in [0.1, 0.15) is 6.33 Å². The van der Waals surface area contributed by atoms with Gasteiger partial charge < -0.3 is 16.0 Å². The SMILES string of the molecule is CN/C=C1/C=C(n2cnc3ccc(C4=CCNCC4)cc3c2=O)C=CC1=N. The molecular weight excluding hydrogens is 338 g/mol. The average Bonchev–Trinajstić information content (AvgIpc) is 2.71. The molecule has 3 N–H and O–H groups in total. The minimum Gasteiger partial charge on any atom is -0.393 e. The molecule has 6 heteroatoms. The quantitative estimate of drug-likeness (QED) is 0.785. The van der Waals surface area contributed by atoms with E-state index >= 15 is 0 Å². The van der Waals surface area contributed by atoms with Crippen LogP contribution in [0.25, 0.3) is 22.2 Å². The van der Waals surface area contributed by atoms with Gasteiger partial charge in [0.15, 0.2) is 0 Å². The Morgan fingerprint density at radius 1 is 1.33 bits per heavy atom. The molecule has 2 aliphatic rings. The molecule has 2 heterocycles. The number of nitrogens with zero attached hydrogens (tertiary/aromatic N) is 2. The lowest BCUT2D eigenvalue weighted by Gasteiger charge is -2.15. The van der Waals surface area contributed by atoms with Crippen molar-refractivity contribution in [3.63, 3.8) is 0 Å². The lowest BCUT2D eigenvalue weighted by molar-refractivity contribution is 0.738. The summed E-state index contributed by atoms with van der Waals surface area (Å²) in [6, 6.07) is 5.88. The first kappa shape index (κ1) is 17.2. The predicted octanol–water partition coefficient (Wildman–Crippen LogP) is 2.31. The molecule has 27 heavy (non-hydrogen) atoms. The van der Waals surface area contributed by atoms with E-state index in [-0.39, 0.29) is 5.56 Å². The van der Waals surface area contributed by atoms with Crippen molar-refractivity contribution in [3.8, 4) is 0 Å². The molecule has 0 radical (unpaired) electrons. The van der Waals surface area contributed by atoms with Gasteiger partial charge in [0.05, 0.1) is 22.3 Å². The number of nitrogens with one attached hydrogen (secondary N) is 3. The van der Waals surface area contributed by atoms with Crippen molar-refractivity contribution in [3.05, 3.63) is 76.5 Å². The van der Waals surface area contributed by atoms with E-state index in [0.717, 1.165) is 30.6 Å². The minimum absolute atomic E-state index is 0.107. The highest BCUT2D eigenvalue weighted by Gasteiger charge is 2.13. The second kappa shape index (κ2) is 7.17. The van der Waals surface area contributed by atoms with Crippen LogP contribution in [-0.2, 0) is 0 Å². The van der Waals surface area contributed by atoms with Gasteiger partial charge in [-0.3, -0.25) is 9.36 Å². The van der Waals surface area contributed by atoms with Crippen molar-refractivity contribution in [1.82, 2.24) is 20.2 Å². The van der Waals surface area contributed by atoms with E-state index in [1.807, 2.05) is 24.3 Å². The fourth-order valence-electron chi connectivity index (χ4n) is 3.37. The lowest BCUT2D eigenvalue weighted by Crippen LogP contribution is -2.22. The predicted molar refractivity (Wildman–Crippen MR) is 110 cm³/mol. The maximum Gasteiger partial charge on any atom is 0.265 e. The number of allylic oxidation sites excluding steroid dienone is 5. The van der Waals surface area contributed by atoms with E-state index in [4.69, 9.17) is 5.41 Å². The van der Waals surface area contributed by atoms with Gasteiger partial charge in [-0.25, -0.2) is 4.98 Å². The normalized spacial score (nSPS) is 18.6. The molecule has 0 spiro atoms. The smallest absolute Gasteiger partial charge is 0.265 e. The molecule has 0 unspecified atom stereocenters. The van der Waals surface area contributed by atoms with Crippen LogP contribution in [0.2, 0.25) is 0 Å². The molecule has 1 aromatic carbocycles. The summed E-state index contributed by atoms with van der Waals surface area (Å²) in [7, 11) is 1.78. The molecule has 0 atom stereocenters. The van der Waals surface area contributed by atoms with E-state index in [1.54, 1.807) is 31.7 Å². The van der Waals surface area contributed by atoms with Crippen molar-refractivity contribution >= 4 is 27.9 Å². The number of rotatable bonds is 3. The van der Waals surface area contributed by atoms with Crippen LogP contribution < -0.4 is 16.2 Å². The fraction of sp³-hybridized carbons (Fsp3) is 0.190. The molecule has 1 aliphatic carbocycles. The fourth-order valence-corrected chi connectivity index (χ4v) is 3.37. The molecular formula is C21H21N5O. The molecule has 4 rings (SSSR count). The number of aromatic nitrogens is 2. The first-order valence-corrected chi connectivity index (χ1v) is 8.95. The van der Waals surface area contributed by atoms with Crippen LogP contribution in [-0.4, -0.2) is 35.4 Å². The van der Waals surface area contributed by atoms with E-state index in [2.05, 4.69) is 21.7 Å². The topological polar surface area (TPSA) is 82.8 Å². The summed E-state index contributed by atoms with van der Waals surface area (Å²) in [6.07, 6.45) is 11.7. The van der Waals surface area contributed by atoms with Crippen LogP contribution in [0.5, 0.6) is 0 Å². The van der Waals surface area contributed by atoms with Crippen molar-refractivity contribution in [2.75, 3.05) is 20.1 Å². The van der Waals surface area contributed by atoms with Gasteiger partial charge in [0.25, 0.3) is 5.56 Å². The molecule has 2 aromatic rings. The molecule has 0 fully saturated rings. The molecule has 1 aliphatic heterocycles. The molecule has 0 bridgehead atoms. The number of hydrogen-bond acceptors (Lipinski definition) is 5. The highest BCUT2D eigenvalue weighted by Crippen LogP contribution is 2.23. The Morgan fingerprint density at radius 2 is 2.22 bits per heavy atom. The van der Waals surface area contributed by atoms with E-state index in [0.29, 0.717) is 22.3 Å². The second-order valence-corrected chi connectivity index (χ2v) is 6.54. The summed E-state index contributed by atoms with van der Waals surface area (Å²) in [5.74, 6) is 0. The first-order valence-electron chi connectivity index (χ1n) is 8.95. The van der Waals surface area contributed by atoms with Gasteiger partial charge in [-0.2, -0.15) is 0 Å². The van der Waals surface area contributed by atoms with Gasteiger partial charge in [0, 0.05) is 25.4 Å². The monoisotopic (exact) mass is 359 g/mol. The summed E-state index contributed by atoms with van der Waals surface area (Å²) in [4.78, 5) is 17.6. The van der Waals surface area contributed by atoms with Crippen LogP contribution >= 0.6 is 0 Å². The Labute approximate surface area is 157 Å². The Morgan fingerprint density at radius 3 is 3.00 bits per heavy atom. The molecule has 1 aromatic heterocycles. The second-order valence-electron chi connectivity index (χ2n) is 6.54. The van der Waals surface area contributed by atoms with Crippen molar-refractivity contribution < 1.29 is 0 Å². The zero-order chi connectivity index (χ0) is 18.8. The number of benzene rings is 1. The molecule has 0 amide bonds. The Bertz CT molecular complexity index is 1100. The molecule has 0 saturated heterocycles. The third-order valence-corrected chi connectivity index (χ3v) is 4.81. The Hall–Kier alpha value is -3.25. The van der Waals surface area contributed by atoms with Gasteiger partial charge in [0.2, 0.25) is 0 Å². The third kappa shape index (κ3) is 3.27. The highest BCUT2D eigenvalue weighted by atomic mass is 16.1. The lowest BCUT2D eigenvalue weighted by atomic mass is 9.99. The molecule has 136 valence electrons. The molecule has 6 nitrogen and oxygen atoms in total. The van der Waals surface area contributed by atoms with Crippen LogP contribution in [0.4, 0.5) is 0 Å². The Kier molecular flexibility index (Phi) is 4.56. The van der Waals surface area contributed by atoms with E-state index in [1.165, 1.54) is 10.1 Å². The van der Waals surface area contributed by atoms with Crippen molar-refractivity contribution in [1.29, 1.82) is 5.41 Å². The van der Waals surface area contributed by atoms with Crippen LogP contribution in [0.15, 0.2) is 65.4 Å². The zero-order valence-corrected chi connectivity index (χ0v) is 15.1. The van der Waals surface area contributed by atoms with Gasteiger partial charge in [-0.15, -0.1) is 0 Å². The zero-order valence-electron chi connectivity index (χ0n) is 15.1. The van der Waals surface area contributed by atoms with Gasteiger partial charge >= 0.3 is 0 Å². The number of fused-ring (bicyclic) bond motifs is 1. The first-order chi connectivity index (χ1) is 13.2. The van der Waals surface area contributed by atoms with Crippen LogP contribution in [0.3, 0.4) is 0 Å². The van der Waals surface area contributed by atoms with Crippen molar-refractivity contribution in [2.24, 2.45) is 0 Å². The van der Waals surface area contributed by atoms with Gasteiger partial charge in [-0.05, 0) is 54.5 Å². The average molecular weight is 359 g/mol. The highest BCUT2D eigenvalue weighted by molar-refractivity contribution is 6.11. The summed E-state index contributed by atoms with van der Waals surface area (Å²) in [5, 5.41) is 14.8. The van der Waals surface area contributed by atoms with Gasteiger partial charge in [-0.1, -0.05) is 12.1 Å².